The number of benzene rings is 1. The minimum Gasteiger partial charge on any atom is -0.370 e. The molecule has 2 heterocycles. The fourth-order valence-electron chi connectivity index (χ4n) is 5.52. The van der Waals surface area contributed by atoms with Crippen molar-refractivity contribution in [3.05, 3.63) is 47.9 Å². The number of nitrogens with zero attached hydrogens (tertiary/aromatic N) is 4. The van der Waals surface area contributed by atoms with Crippen LogP contribution in [-0.4, -0.2) is 104 Å². The number of hydrogen-bond acceptors (Lipinski definition) is 10. The summed E-state index contributed by atoms with van der Waals surface area (Å²) in [7, 11) is 0. The molecule has 53 heavy (non-hydrogen) atoms. The number of primary amides is 1. The number of amides is 5. The molecule has 0 aliphatic carbocycles. The molecule has 0 aliphatic heterocycles. The molecule has 18 nitrogen and oxygen atoms in total. The van der Waals surface area contributed by atoms with Crippen molar-refractivity contribution in [2.24, 2.45) is 33.8 Å². The lowest BCUT2D eigenvalue weighted by Gasteiger charge is -2.22. The second kappa shape index (κ2) is 20.8. The van der Waals surface area contributed by atoms with E-state index in [1.54, 1.807) is 18.7 Å². The van der Waals surface area contributed by atoms with E-state index in [1.807, 2.05) is 50.6 Å². The highest BCUT2D eigenvalue weighted by atomic mass is 32.2. The molecule has 0 fully saturated rings. The highest BCUT2D eigenvalue weighted by Gasteiger charge is 2.28. The molecule has 0 bridgehead atoms. The van der Waals surface area contributed by atoms with Crippen LogP contribution in [0.25, 0.3) is 10.9 Å². The Morgan fingerprint density at radius 2 is 1.68 bits per heavy atom. The van der Waals surface area contributed by atoms with Crippen molar-refractivity contribution in [1.82, 2.24) is 41.2 Å². The van der Waals surface area contributed by atoms with Gasteiger partial charge in [0.05, 0.1) is 18.8 Å². The molecular formula is C34H53N13O5S. The molecule has 5 atom stereocenters. The van der Waals surface area contributed by atoms with Crippen LogP contribution in [0.4, 0.5) is 0 Å². The fraction of sp³-hybridized carbons (Fsp3) is 0.529. The Hall–Kier alpha value is -5.17. The molecule has 3 aromatic rings. The molecule has 0 unspecified atom stereocenters. The molecule has 13 N–H and O–H groups in total. The van der Waals surface area contributed by atoms with Crippen LogP contribution in [0.1, 0.15) is 62.5 Å². The van der Waals surface area contributed by atoms with Crippen LogP contribution in [0.5, 0.6) is 0 Å². The van der Waals surface area contributed by atoms with Gasteiger partial charge in [-0.15, -0.1) is 5.10 Å². The number of fused-ring (bicyclic) bond motifs is 1. The lowest BCUT2D eigenvalue weighted by molar-refractivity contribution is -0.129. The van der Waals surface area contributed by atoms with Gasteiger partial charge in [-0.1, -0.05) is 37.3 Å². The Balaban J connectivity index is 1.62. The van der Waals surface area contributed by atoms with Gasteiger partial charge in [0.1, 0.15) is 18.1 Å². The van der Waals surface area contributed by atoms with Crippen molar-refractivity contribution in [2.45, 2.75) is 89.6 Å². The third-order valence-electron chi connectivity index (χ3n) is 8.33. The minimum atomic E-state index is -1.06. The SMILES string of the molecule is CSCC[C@@H](Cn1cc(C(=O)N[C@@H](CCCN=C(N)N)C(=O)N[C@@H](CC(C)C)C(N)=O)nn1)NC(=O)[C@H](C)NC(=O)[C@@H](N)Cc1c[nH]c2ccccc12. The Labute approximate surface area is 312 Å². The molecule has 0 saturated carbocycles. The summed E-state index contributed by atoms with van der Waals surface area (Å²) >= 11 is 1.59. The van der Waals surface area contributed by atoms with Gasteiger partial charge in [-0.25, -0.2) is 4.68 Å². The third-order valence-corrected chi connectivity index (χ3v) is 8.98. The zero-order chi connectivity index (χ0) is 39.1. The summed E-state index contributed by atoms with van der Waals surface area (Å²) < 4.78 is 1.42. The number of para-hydroxylation sites is 1. The zero-order valence-corrected chi connectivity index (χ0v) is 31.4. The second-order valence-corrected chi connectivity index (χ2v) is 14.3. The van der Waals surface area contributed by atoms with Crippen molar-refractivity contribution in [3.63, 3.8) is 0 Å². The summed E-state index contributed by atoms with van der Waals surface area (Å²) in [5.74, 6) is -2.16. The molecular weight excluding hydrogens is 703 g/mol. The van der Waals surface area contributed by atoms with Gasteiger partial charge >= 0.3 is 0 Å². The van der Waals surface area contributed by atoms with Crippen LogP contribution in [0.2, 0.25) is 0 Å². The summed E-state index contributed by atoms with van der Waals surface area (Å²) in [5.41, 5.74) is 24.3. The number of thioether (sulfide) groups is 1. The van der Waals surface area contributed by atoms with Crippen LogP contribution < -0.4 is 44.2 Å². The molecule has 19 heteroatoms. The maximum absolute atomic E-state index is 13.3. The molecule has 2 aromatic heterocycles. The number of aromatic amines is 1. The van der Waals surface area contributed by atoms with Crippen molar-refractivity contribution in [2.75, 3.05) is 18.6 Å². The molecule has 0 radical (unpaired) electrons. The van der Waals surface area contributed by atoms with Crippen LogP contribution in [-0.2, 0) is 32.1 Å². The molecule has 0 aliphatic rings. The smallest absolute Gasteiger partial charge is 0.274 e. The lowest BCUT2D eigenvalue weighted by atomic mass is 10.0. The molecule has 290 valence electrons. The van der Waals surface area contributed by atoms with Crippen LogP contribution in [0.3, 0.4) is 0 Å². The highest BCUT2D eigenvalue weighted by Crippen LogP contribution is 2.19. The summed E-state index contributed by atoms with van der Waals surface area (Å²) in [5, 5.41) is 20.0. The van der Waals surface area contributed by atoms with E-state index in [1.165, 1.54) is 10.9 Å². The van der Waals surface area contributed by atoms with Gasteiger partial charge in [-0.2, -0.15) is 11.8 Å². The molecule has 5 amide bonds. The van der Waals surface area contributed by atoms with E-state index in [9.17, 15) is 24.0 Å². The van der Waals surface area contributed by atoms with E-state index >= 15 is 0 Å². The monoisotopic (exact) mass is 755 g/mol. The predicted octanol–water partition coefficient (Wildman–Crippen LogP) is -0.760. The number of nitrogens with one attached hydrogen (secondary N) is 5. The number of nitrogens with two attached hydrogens (primary N) is 4. The van der Waals surface area contributed by atoms with Gasteiger partial charge in [0.25, 0.3) is 5.91 Å². The Morgan fingerprint density at radius 1 is 0.943 bits per heavy atom. The number of carbonyl (C=O) groups is 5. The van der Waals surface area contributed by atoms with E-state index in [4.69, 9.17) is 22.9 Å². The van der Waals surface area contributed by atoms with Gasteiger partial charge < -0.3 is 49.2 Å². The Bertz CT molecular complexity index is 1720. The second-order valence-electron chi connectivity index (χ2n) is 13.3. The van der Waals surface area contributed by atoms with Gasteiger partial charge in [0.2, 0.25) is 23.6 Å². The molecule has 0 saturated heterocycles. The number of rotatable bonds is 22. The summed E-state index contributed by atoms with van der Waals surface area (Å²) in [6.07, 6.45) is 6.84. The van der Waals surface area contributed by atoms with E-state index in [2.05, 4.69) is 41.6 Å². The van der Waals surface area contributed by atoms with Crippen molar-refractivity contribution >= 4 is 58.2 Å². The number of hydrogen-bond donors (Lipinski definition) is 9. The fourth-order valence-corrected chi connectivity index (χ4v) is 6.04. The highest BCUT2D eigenvalue weighted by molar-refractivity contribution is 7.98. The van der Waals surface area contributed by atoms with Gasteiger partial charge in [-0.3, -0.25) is 29.0 Å². The Morgan fingerprint density at radius 3 is 2.36 bits per heavy atom. The quantitative estimate of drug-likeness (QED) is 0.0349. The first kappa shape index (κ1) is 42.2. The van der Waals surface area contributed by atoms with Crippen LogP contribution in [0.15, 0.2) is 41.7 Å². The van der Waals surface area contributed by atoms with E-state index in [0.29, 0.717) is 25.0 Å². The van der Waals surface area contributed by atoms with E-state index in [0.717, 1.165) is 16.5 Å². The average molecular weight is 756 g/mol. The summed E-state index contributed by atoms with van der Waals surface area (Å²) in [4.78, 5) is 71.7. The minimum absolute atomic E-state index is 0.0691. The van der Waals surface area contributed by atoms with Gasteiger partial charge in [0.15, 0.2) is 11.7 Å². The maximum Gasteiger partial charge on any atom is 0.274 e. The maximum atomic E-state index is 13.3. The molecule has 0 spiro atoms. The molecule has 1 aromatic carbocycles. The normalized spacial score (nSPS) is 14.1. The average Bonchev–Trinajstić information content (AvgIpc) is 3.74. The Kier molecular flexibility index (Phi) is 16.5. The van der Waals surface area contributed by atoms with Gasteiger partial charge in [0, 0.05) is 29.7 Å². The van der Waals surface area contributed by atoms with Crippen LogP contribution >= 0.6 is 11.8 Å². The van der Waals surface area contributed by atoms with Gasteiger partial charge in [-0.05, 0) is 68.6 Å². The number of carbonyl (C=O) groups excluding carboxylic acids is 5. The van der Waals surface area contributed by atoms with Crippen molar-refractivity contribution in [1.29, 1.82) is 0 Å². The van der Waals surface area contributed by atoms with E-state index in [-0.39, 0.29) is 43.5 Å². The van der Waals surface area contributed by atoms with Crippen molar-refractivity contribution in [3.8, 4) is 0 Å². The van der Waals surface area contributed by atoms with E-state index < -0.39 is 59.7 Å². The first-order valence-corrected chi connectivity index (χ1v) is 18.8. The lowest BCUT2D eigenvalue weighted by Crippen LogP contribution is -2.53. The first-order chi connectivity index (χ1) is 25.2. The number of guanidine groups is 1. The standard InChI is InChI=1S/C34H53N13O5S/c1-19(2)14-27(29(36)48)44-32(51)26(10-7-12-39-34(37)38)43-33(52)28-18-47(46-45-28)17-22(11-13-53-4)42-30(49)20(3)41-31(50)24(35)15-21-16-40-25-9-6-5-8-23(21)25/h5-6,8-9,16,18-20,22,24,26-27,40H,7,10-15,17,35H2,1-4H3,(H2,36,48)(H,41,50)(H,42,49)(H,43,52)(H,44,51)(H4,37,38,39)/t20-,22-,24-,26-,27-/m0/s1. The summed E-state index contributed by atoms with van der Waals surface area (Å²) in [6, 6.07) is 3.56. The first-order valence-electron chi connectivity index (χ1n) is 17.4. The summed E-state index contributed by atoms with van der Waals surface area (Å²) in [6.45, 7) is 5.74. The third kappa shape index (κ3) is 13.7. The van der Waals surface area contributed by atoms with Crippen molar-refractivity contribution < 1.29 is 24.0 Å². The van der Waals surface area contributed by atoms with Crippen LogP contribution in [0, 0.1) is 5.92 Å². The largest absolute Gasteiger partial charge is 0.370 e. The topological polar surface area (TPSA) is 296 Å². The predicted molar refractivity (Wildman–Crippen MR) is 204 cm³/mol. The number of H-pyrrole nitrogens is 1. The number of aliphatic imine (C=N–C) groups is 1. The molecule has 3 rings (SSSR count). The number of aromatic nitrogens is 4. The zero-order valence-electron chi connectivity index (χ0n) is 30.6.